The molecule has 2 rings (SSSR count). The Kier molecular flexibility index (Phi) is 4.64. The SMILES string of the molecule is CNC(CCN1CCCC1(C)C)c1cccc(C)c1. The quantitative estimate of drug-likeness (QED) is 0.871. The third-order valence-corrected chi connectivity index (χ3v) is 4.55. The maximum atomic E-state index is 3.47. The van der Waals surface area contributed by atoms with Crippen LogP contribution in [-0.2, 0) is 0 Å². The number of rotatable bonds is 5. The first-order chi connectivity index (χ1) is 9.03. The lowest BCUT2D eigenvalue weighted by molar-refractivity contribution is 0.167. The van der Waals surface area contributed by atoms with Gasteiger partial charge in [0.05, 0.1) is 0 Å². The molecule has 0 spiro atoms. The number of benzene rings is 1. The minimum absolute atomic E-state index is 0.394. The van der Waals surface area contributed by atoms with E-state index in [4.69, 9.17) is 0 Å². The zero-order chi connectivity index (χ0) is 13.9. The first kappa shape index (κ1) is 14.5. The number of aryl methyl sites for hydroxylation is 1. The minimum atomic E-state index is 0.394. The van der Waals surface area contributed by atoms with Crippen LogP contribution in [-0.4, -0.2) is 30.6 Å². The fraction of sp³-hybridized carbons (Fsp3) is 0.647. The molecular formula is C17H28N2. The standard InChI is InChI=1S/C17H28N2/c1-14-7-5-8-15(13-14)16(18-4)9-12-19-11-6-10-17(19,2)3/h5,7-8,13,16,18H,6,9-12H2,1-4H3. The highest BCUT2D eigenvalue weighted by Gasteiger charge is 2.31. The molecule has 2 nitrogen and oxygen atoms in total. The van der Waals surface area contributed by atoms with E-state index >= 15 is 0 Å². The highest BCUT2D eigenvalue weighted by Crippen LogP contribution is 2.29. The van der Waals surface area contributed by atoms with E-state index in [2.05, 4.69) is 62.3 Å². The van der Waals surface area contributed by atoms with E-state index < -0.39 is 0 Å². The van der Waals surface area contributed by atoms with Crippen molar-refractivity contribution in [1.82, 2.24) is 10.2 Å². The molecule has 0 amide bonds. The second-order valence-corrected chi connectivity index (χ2v) is 6.45. The van der Waals surface area contributed by atoms with Gasteiger partial charge in [0.1, 0.15) is 0 Å². The molecule has 106 valence electrons. The van der Waals surface area contributed by atoms with Crippen molar-refractivity contribution < 1.29 is 0 Å². The van der Waals surface area contributed by atoms with Gasteiger partial charge in [-0.05, 0) is 59.2 Å². The summed E-state index contributed by atoms with van der Waals surface area (Å²) in [6, 6.07) is 9.34. The largest absolute Gasteiger partial charge is 0.313 e. The van der Waals surface area contributed by atoms with Gasteiger partial charge in [-0.2, -0.15) is 0 Å². The number of nitrogens with zero attached hydrogens (tertiary/aromatic N) is 1. The average Bonchev–Trinajstić information content (AvgIpc) is 2.70. The lowest BCUT2D eigenvalue weighted by Gasteiger charge is -2.32. The molecule has 0 aromatic heterocycles. The van der Waals surface area contributed by atoms with Crippen LogP contribution in [0.5, 0.6) is 0 Å². The molecular weight excluding hydrogens is 232 g/mol. The van der Waals surface area contributed by atoms with Crippen LogP contribution in [0.4, 0.5) is 0 Å². The van der Waals surface area contributed by atoms with E-state index in [-0.39, 0.29) is 0 Å². The molecule has 1 aromatic carbocycles. The number of hydrogen-bond acceptors (Lipinski definition) is 2. The highest BCUT2D eigenvalue weighted by molar-refractivity contribution is 5.25. The Morgan fingerprint density at radius 3 is 2.74 bits per heavy atom. The molecule has 1 atom stereocenters. The predicted octanol–water partition coefficient (Wildman–Crippen LogP) is 3.52. The van der Waals surface area contributed by atoms with Crippen LogP contribution in [0.1, 0.15) is 50.3 Å². The van der Waals surface area contributed by atoms with Crippen LogP contribution >= 0.6 is 0 Å². The van der Waals surface area contributed by atoms with E-state index in [0.29, 0.717) is 11.6 Å². The fourth-order valence-electron chi connectivity index (χ4n) is 3.23. The van der Waals surface area contributed by atoms with E-state index in [1.165, 1.54) is 43.5 Å². The van der Waals surface area contributed by atoms with Crippen LogP contribution in [0.15, 0.2) is 24.3 Å². The third kappa shape index (κ3) is 3.58. The third-order valence-electron chi connectivity index (χ3n) is 4.55. The Labute approximate surface area is 118 Å². The maximum Gasteiger partial charge on any atom is 0.0329 e. The smallest absolute Gasteiger partial charge is 0.0329 e. The van der Waals surface area contributed by atoms with Crippen molar-refractivity contribution in [2.75, 3.05) is 20.1 Å². The monoisotopic (exact) mass is 260 g/mol. The summed E-state index contributed by atoms with van der Waals surface area (Å²) in [5, 5.41) is 3.47. The topological polar surface area (TPSA) is 15.3 Å². The average molecular weight is 260 g/mol. The molecule has 0 bridgehead atoms. The molecule has 1 heterocycles. The van der Waals surface area contributed by atoms with Gasteiger partial charge in [-0.15, -0.1) is 0 Å². The zero-order valence-corrected chi connectivity index (χ0v) is 12.9. The molecule has 0 radical (unpaired) electrons. The van der Waals surface area contributed by atoms with Crippen molar-refractivity contribution in [2.45, 2.75) is 51.6 Å². The van der Waals surface area contributed by atoms with Gasteiger partial charge in [0.15, 0.2) is 0 Å². The summed E-state index contributed by atoms with van der Waals surface area (Å²) in [5.74, 6) is 0. The van der Waals surface area contributed by atoms with Gasteiger partial charge in [0, 0.05) is 18.1 Å². The zero-order valence-electron chi connectivity index (χ0n) is 12.9. The lowest BCUT2D eigenvalue weighted by Crippen LogP contribution is -2.39. The molecule has 19 heavy (non-hydrogen) atoms. The molecule has 1 aliphatic rings. The van der Waals surface area contributed by atoms with Gasteiger partial charge in [-0.3, -0.25) is 4.90 Å². The first-order valence-electron chi connectivity index (χ1n) is 7.52. The van der Waals surface area contributed by atoms with E-state index in [1.54, 1.807) is 0 Å². The Morgan fingerprint density at radius 2 is 2.16 bits per heavy atom. The van der Waals surface area contributed by atoms with Crippen LogP contribution in [0.25, 0.3) is 0 Å². The summed E-state index contributed by atoms with van der Waals surface area (Å²) < 4.78 is 0. The summed E-state index contributed by atoms with van der Waals surface area (Å²) in [6.45, 7) is 9.37. The van der Waals surface area contributed by atoms with Crippen molar-refractivity contribution in [2.24, 2.45) is 0 Å². The summed E-state index contributed by atoms with van der Waals surface area (Å²) in [4.78, 5) is 2.65. The minimum Gasteiger partial charge on any atom is -0.313 e. The van der Waals surface area contributed by atoms with E-state index in [9.17, 15) is 0 Å². The molecule has 1 unspecified atom stereocenters. The van der Waals surface area contributed by atoms with Crippen LogP contribution in [0.2, 0.25) is 0 Å². The second-order valence-electron chi connectivity index (χ2n) is 6.45. The molecule has 0 saturated carbocycles. The van der Waals surface area contributed by atoms with Crippen molar-refractivity contribution in [3.05, 3.63) is 35.4 Å². The Bertz CT molecular complexity index is 411. The van der Waals surface area contributed by atoms with Gasteiger partial charge in [0.2, 0.25) is 0 Å². The van der Waals surface area contributed by atoms with Gasteiger partial charge >= 0.3 is 0 Å². The van der Waals surface area contributed by atoms with Crippen LogP contribution in [0.3, 0.4) is 0 Å². The molecule has 1 aliphatic heterocycles. The molecule has 1 fully saturated rings. The Hall–Kier alpha value is -0.860. The van der Waals surface area contributed by atoms with E-state index in [0.717, 1.165) is 0 Å². The first-order valence-corrected chi connectivity index (χ1v) is 7.52. The van der Waals surface area contributed by atoms with Crippen LogP contribution < -0.4 is 5.32 Å². The van der Waals surface area contributed by atoms with Crippen molar-refractivity contribution in [3.8, 4) is 0 Å². The van der Waals surface area contributed by atoms with E-state index in [1.807, 2.05) is 0 Å². The normalized spacial score (nSPS) is 20.6. The van der Waals surface area contributed by atoms with Gasteiger partial charge < -0.3 is 5.32 Å². The summed E-state index contributed by atoms with van der Waals surface area (Å²) in [7, 11) is 2.07. The highest BCUT2D eigenvalue weighted by atomic mass is 15.2. The fourth-order valence-corrected chi connectivity index (χ4v) is 3.23. The molecule has 1 aromatic rings. The van der Waals surface area contributed by atoms with Gasteiger partial charge in [-0.1, -0.05) is 29.8 Å². The maximum absolute atomic E-state index is 3.47. The number of nitrogens with one attached hydrogen (secondary N) is 1. The number of hydrogen-bond donors (Lipinski definition) is 1. The molecule has 2 heteroatoms. The van der Waals surface area contributed by atoms with Crippen molar-refractivity contribution >= 4 is 0 Å². The number of likely N-dealkylation sites (tertiary alicyclic amines) is 1. The molecule has 1 saturated heterocycles. The van der Waals surface area contributed by atoms with Crippen molar-refractivity contribution in [3.63, 3.8) is 0 Å². The predicted molar refractivity (Wildman–Crippen MR) is 82.5 cm³/mol. The Balaban J connectivity index is 1.96. The summed E-state index contributed by atoms with van der Waals surface area (Å²) in [5.41, 5.74) is 3.16. The van der Waals surface area contributed by atoms with Crippen LogP contribution in [0, 0.1) is 6.92 Å². The summed E-state index contributed by atoms with van der Waals surface area (Å²) >= 11 is 0. The second kappa shape index (κ2) is 6.06. The molecule has 0 aliphatic carbocycles. The lowest BCUT2D eigenvalue weighted by atomic mass is 9.99. The van der Waals surface area contributed by atoms with Gasteiger partial charge in [0.25, 0.3) is 0 Å². The van der Waals surface area contributed by atoms with Gasteiger partial charge in [-0.25, -0.2) is 0 Å². The molecule has 1 N–H and O–H groups in total. The summed E-state index contributed by atoms with van der Waals surface area (Å²) in [6.07, 6.45) is 3.87. The van der Waals surface area contributed by atoms with Crippen molar-refractivity contribution in [1.29, 1.82) is 0 Å². The Morgan fingerprint density at radius 1 is 1.37 bits per heavy atom.